The number of ether oxygens (including phenoxy) is 1. The number of esters is 1. The molecule has 1 aliphatic heterocycles. The molecule has 0 bridgehead atoms. The molecule has 1 unspecified atom stereocenters. The normalized spacial score (nSPS) is 20.6. The highest BCUT2D eigenvalue weighted by molar-refractivity contribution is 6.09. The summed E-state index contributed by atoms with van der Waals surface area (Å²) in [7, 11) is 0. The Morgan fingerprint density at radius 2 is 1.84 bits per heavy atom. The molecule has 1 aromatic rings. The van der Waals surface area contributed by atoms with Crippen LogP contribution in [0.15, 0.2) is 30.3 Å². The highest BCUT2D eigenvalue weighted by Gasteiger charge is 2.52. The Morgan fingerprint density at radius 3 is 2.40 bits per heavy atom. The zero-order chi connectivity index (χ0) is 18.7. The van der Waals surface area contributed by atoms with Crippen molar-refractivity contribution in [2.75, 3.05) is 6.54 Å². The van der Waals surface area contributed by atoms with Gasteiger partial charge >= 0.3 is 12.0 Å². The Labute approximate surface area is 148 Å². The number of unbranched alkanes of at least 4 members (excludes halogenated alkanes) is 1. The van der Waals surface area contributed by atoms with Crippen LogP contribution in [0.3, 0.4) is 0 Å². The lowest BCUT2D eigenvalue weighted by molar-refractivity contribution is -0.157. The standard InChI is InChI=1S/C19H26N2O4/c1-5-6-12-19(14-10-8-7-9-11-14)16(23)21(17(24)20-19)13-15(22)25-18(2,3)4/h7-11H,5-6,12-13H2,1-4H3,(H,20,24). The fourth-order valence-electron chi connectivity index (χ4n) is 2.95. The van der Waals surface area contributed by atoms with Crippen molar-refractivity contribution in [2.24, 2.45) is 0 Å². The smallest absolute Gasteiger partial charge is 0.326 e. The molecule has 1 aromatic carbocycles. The summed E-state index contributed by atoms with van der Waals surface area (Å²) >= 11 is 0. The van der Waals surface area contributed by atoms with Crippen LogP contribution in [0.25, 0.3) is 0 Å². The average Bonchev–Trinajstić information content (AvgIpc) is 2.77. The monoisotopic (exact) mass is 346 g/mol. The van der Waals surface area contributed by atoms with Gasteiger partial charge in [-0.25, -0.2) is 4.79 Å². The van der Waals surface area contributed by atoms with Crippen LogP contribution in [0, 0.1) is 0 Å². The van der Waals surface area contributed by atoms with Crippen molar-refractivity contribution >= 4 is 17.9 Å². The number of urea groups is 1. The quantitative estimate of drug-likeness (QED) is 0.635. The minimum atomic E-state index is -1.11. The summed E-state index contributed by atoms with van der Waals surface area (Å²) in [5.41, 5.74) is -1.06. The maximum Gasteiger partial charge on any atom is 0.326 e. The molecule has 1 fully saturated rings. The highest BCUT2D eigenvalue weighted by atomic mass is 16.6. The average molecular weight is 346 g/mol. The van der Waals surface area contributed by atoms with Gasteiger partial charge in [-0.3, -0.25) is 14.5 Å². The van der Waals surface area contributed by atoms with Crippen molar-refractivity contribution in [3.05, 3.63) is 35.9 Å². The molecule has 0 spiro atoms. The lowest BCUT2D eigenvalue weighted by Gasteiger charge is -2.27. The lowest BCUT2D eigenvalue weighted by atomic mass is 9.85. The number of carbonyl (C=O) groups is 3. The molecule has 2 rings (SSSR count). The van der Waals surface area contributed by atoms with Crippen molar-refractivity contribution in [1.29, 1.82) is 0 Å². The van der Waals surface area contributed by atoms with Crippen molar-refractivity contribution in [3.63, 3.8) is 0 Å². The van der Waals surface area contributed by atoms with E-state index in [2.05, 4.69) is 5.32 Å². The molecule has 6 heteroatoms. The van der Waals surface area contributed by atoms with E-state index in [1.807, 2.05) is 37.3 Å². The second-order valence-electron chi connectivity index (χ2n) is 7.28. The van der Waals surface area contributed by atoms with Gasteiger partial charge in [0.2, 0.25) is 0 Å². The minimum Gasteiger partial charge on any atom is -0.459 e. The summed E-state index contributed by atoms with van der Waals surface area (Å²) in [5.74, 6) is -1.00. The van der Waals surface area contributed by atoms with Crippen molar-refractivity contribution < 1.29 is 19.1 Å². The minimum absolute atomic E-state index is 0.386. The van der Waals surface area contributed by atoms with E-state index in [4.69, 9.17) is 4.74 Å². The number of nitrogens with one attached hydrogen (secondary N) is 1. The number of nitrogens with zero attached hydrogens (tertiary/aromatic N) is 1. The maximum absolute atomic E-state index is 13.1. The van der Waals surface area contributed by atoms with Gasteiger partial charge in [0.15, 0.2) is 0 Å². The van der Waals surface area contributed by atoms with E-state index in [0.717, 1.165) is 23.3 Å². The van der Waals surface area contributed by atoms with Crippen LogP contribution in [0.4, 0.5) is 4.79 Å². The summed E-state index contributed by atoms with van der Waals surface area (Å²) in [6.45, 7) is 6.87. The molecule has 0 aromatic heterocycles. The lowest BCUT2D eigenvalue weighted by Crippen LogP contribution is -2.44. The molecule has 3 amide bonds. The largest absolute Gasteiger partial charge is 0.459 e. The molecular formula is C19H26N2O4. The van der Waals surface area contributed by atoms with Gasteiger partial charge in [-0.15, -0.1) is 0 Å². The van der Waals surface area contributed by atoms with Gasteiger partial charge in [0, 0.05) is 0 Å². The van der Waals surface area contributed by atoms with Gasteiger partial charge in [0.05, 0.1) is 0 Å². The fraction of sp³-hybridized carbons (Fsp3) is 0.526. The van der Waals surface area contributed by atoms with Crippen molar-refractivity contribution in [1.82, 2.24) is 10.2 Å². The number of amides is 3. The van der Waals surface area contributed by atoms with Crippen molar-refractivity contribution in [3.8, 4) is 0 Å². The molecule has 0 saturated carbocycles. The Morgan fingerprint density at radius 1 is 1.20 bits per heavy atom. The summed E-state index contributed by atoms with van der Waals surface area (Å²) in [4.78, 5) is 38.5. The Bertz CT molecular complexity index is 651. The number of hydrogen-bond acceptors (Lipinski definition) is 4. The first-order valence-electron chi connectivity index (χ1n) is 8.61. The molecule has 1 heterocycles. The molecule has 1 aliphatic rings. The maximum atomic E-state index is 13.1. The third kappa shape index (κ3) is 4.18. The molecule has 136 valence electrons. The first-order chi connectivity index (χ1) is 11.7. The van der Waals surface area contributed by atoms with E-state index < -0.39 is 29.0 Å². The van der Waals surface area contributed by atoms with Crippen LogP contribution in [-0.2, 0) is 19.9 Å². The summed E-state index contributed by atoms with van der Waals surface area (Å²) in [6, 6.07) is 8.61. The predicted molar refractivity (Wildman–Crippen MR) is 93.7 cm³/mol. The number of carbonyl (C=O) groups excluding carboxylic acids is 3. The fourth-order valence-corrected chi connectivity index (χ4v) is 2.95. The third-order valence-electron chi connectivity index (χ3n) is 4.05. The summed E-state index contributed by atoms with van der Waals surface area (Å²) in [6.07, 6.45) is 2.16. The number of hydrogen-bond donors (Lipinski definition) is 1. The Kier molecular flexibility index (Phi) is 5.50. The SMILES string of the molecule is CCCCC1(c2ccccc2)NC(=O)N(CC(=O)OC(C)(C)C)C1=O. The number of benzene rings is 1. The summed E-state index contributed by atoms with van der Waals surface area (Å²) < 4.78 is 5.24. The molecule has 0 radical (unpaired) electrons. The second-order valence-corrected chi connectivity index (χ2v) is 7.28. The van der Waals surface area contributed by atoms with E-state index in [1.165, 1.54) is 0 Å². The van der Waals surface area contributed by atoms with E-state index in [9.17, 15) is 14.4 Å². The molecule has 0 aliphatic carbocycles. The van der Waals surface area contributed by atoms with Gasteiger partial charge in [-0.2, -0.15) is 0 Å². The van der Waals surface area contributed by atoms with E-state index in [1.54, 1.807) is 20.8 Å². The Hall–Kier alpha value is -2.37. The van der Waals surface area contributed by atoms with Crippen LogP contribution in [0.2, 0.25) is 0 Å². The van der Waals surface area contributed by atoms with E-state index in [0.29, 0.717) is 6.42 Å². The first kappa shape index (κ1) is 19.0. The van der Waals surface area contributed by atoms with Crippen molar-refractivity contribution in [2.45, 2.75) is 58.1 Å². The zero-order valence-corrected chi connectivity index (χ0v) is 15.3. The molecule has 1 N–H and O–H groups in total. The number of rotatable bonds is 6. The predicted octanol–water partition coefficient (Wildman–Crippen LogP) is 2.97. The third-order valence-corrected chi connectivity index (χ3v) is 4.05. The van der Waals surface area contributed by atoms with E-state index in [-0.39, 0.29) is 6.54 Å². The van der Waals surface area contributed by atoms with Gasteiger partial charge in [0.25, 0.3) is 5.91 Å². The topological polar surface area (TPSA) is 75.7 Å². The zero-order valence-electron chi connectivity index (χ0n) is 15.3. The van der Waals surface area contributed by atoms with Gasteiger partial charge < -0.3 is 10.1 Å². The van der Waals surface area contributed by atoms with Crippen LogP contribution in [0.1, 0.15) is 52.5 Å². The molecule has 1 atom stereocenters. The van der Waals surface area contributed by atoms with E-state index >= 15 is 0 Å². The highest BCUT2D eigenvalue weighted by Crippen LogP contribution is 2.34. The molecular weight excluding hydrogens is 320 g/mol. The van der Waals surface area contributed by atoms with Crippen LogP contribution < -0.4 is 5.32 Å². The van der Waals surface area contributed by atoms with Crippen LogP contribution >= 0.6 is 0 Å². The summed E-state index contributed by atoms with van der Waals surface area (Å²) in [5, 5.41) is 2.82. The number of imide groups is 1. The van der Waals surface area contributed by atoms with Gasteiger partial charge in [-0.05, 0) is 32.8 Å². The van der Waals surface area contributed by atoms with Gasteiger partial charge in [0.1, 0.15) is 17.7 Å². The molecule has 6 nitrogen and oxygen atoms in total. The second kappa shape index (κ2) is 7.25. The molecule has 1 saturated heterocycles. The van der Waals surface area contributed by atoms with Gasteiger partial charge in [-0.1, -0.05) is 50.1 Å². The molecule has 25 heavy (non-hydrogen) atoms. The Balaban J connectivity index is 2.27. The first-order valence-corrected chi connectivity index (χ1v) is 8.61. The van der Waals surface area contributed by atoms with Crippen LogP contribution in [0.5, 0.6) is 0 Å². The van der Waals surface area contributed by atoms with Crippen LogP contribution in [-0.4, -0.2) is 35.0 Å².